The zero-order valence-electron chi connectivity index (χ0n) is 16.4. The highest BCUT2D eigenvalue weighted by molar-refractivity contribution is 5.92. The van der Waals surface area contributed by atoms with Gasteiger partial charge in [-0.3, -0.25) is 4.99 Å². The number of hydrogen-bond donors (Lipinski definition) is 2. The highest BCUT2D eigenvalue weighted by Crippen LogP contribution is 2.40. The number of guanidine groups is 1. The van der Waals surface area contributed by atoms with Crippen LogP contribution in [0, 0.1) is 13.8 Å². The molecule has 5 nitrogen and oxygen atoms in total. The van der Waals surface area contributed by atoms with E-state index in [1.165, 1.54) is 16.7 Å². The highest BCUT2D eigenvalue weighted by Gasteiger charge is 2.37. The van der Waals surface area contributed by atoms with Crippen molar-refractivity contribution in [3.05, 3.63) is 59.2 Å². The molecule has 1 fully saturated rings. The van der Waals surface area contributed by atoms with Gasteiger partial charge in [-0.25, -0.2) is 0 Å². The first-order chi connectivity index (χ1) is 13.0. The average molecular weight is 367 g/mol. The van der Waals surface area contributed by atoms with Crippen molar-refractivity contribution in [1.82, 2.24) is 0 Å². The summed E-state index contributed by atoms with van der Waals surface area (Å²) >= 11 is 0. The number of nitrogens with zero attached hydrogens (tertiary/aromatic N) is 1. The van der Waals surface area contributed by atoms with Crippen molar-refractivity contribution < 1.29 is 9.47 Å². The first kappa shape index (κ1) is 19.2. The molecule has 144 valence electrons. The number of aryl methyl sites for hydroxylation is 2. The molecule has 0 spiro atoms. The fraction of sp³-hybridized carbons (Fsp3) is 0.409. The Bertz CT molecular complexity index is 811. The first-order valence-corrected chi connectivity index (χ1v) is 9.39. The third-order valence-corrected chi connectivity index (χ3v) is 5.22. The third-order valence-electron chi connectivity index (χ3n) is 5.22. The van der Waals surface area contributed by atoms with Gasteiger partial charge in [0.2, 0.25) is 0 Å². The minimum absolute atomic E-state index is 0.130. The predicted molar refractivity (Wildman–Crippen MR) is 111 cm³/mol. The summed E-state index contributed by atoms with van der Waals surface area (Å²) in [5, 5.41) is 3.20. The van der Waals surface area contributed by atoms with E-state index in [0.717, 1.165) is 37.5 Å². The van der Waals surface area contributed by atoms with Gasteiger partial charge in [0, 0.05) is 29.9 Å². The average Bonchev–Trinajstić information content (AvgIpc) is 2.67. The molecule has 0 radical (unpaired) electrons. The summed E-state index contributed by atoms with van der Waals surface area (Å²) in [7, 11) is 1.72. The molecule has 0 saturated carbocycles. The quantitative estimate of drug-likeness (QED) is 0.623. The molecule has 0 amide bonds. The zero-order valence-corrected chi connectivity index (χ0v) is 16.4. The van der Waals surface area contributed by atoms with Crippen LogP contribution in [0.4, 0.5) is 5.69 Å². The second-order valence-electron chi connectivity index (χ2n) is 7.29. The van der Waals surface area contributed by atoms with Gasteiger partial charge >= 0.3 is 0 Å². The van der Waals surface area contributed by atoms with Gasteiger partial charge in [-0.2, -0.15) is 0 Å². The smallest absolute Gasteiger partial charge is 0.193 e. The minimum atomic E-state index is -0.130. The van der Waals surface area contributed by atoms with E-state index < -0.39 is 0 Å². The summed E-state index contributed by atoms with van der Waals surface area (Å²) in [6, 6.07) is 14.4. The van der Waals surface area contributed by atoms with E-state index in [1.807, 2.05) is 18.2 Å². The number of nitrogens with one attached hydrogen (secondary N) is 1. The third kappa shape index (κ3) is 4.61. The van der Waals surface area contributed by atoms with Crippen LogP contribution >= 0.6 is 0 Å². The number of hydrogen-bond acceptors (Lipinski definition) is 3. The number of rotatable bonds is 5. The van der Waals surface area contributed by atoms with E-state index in [9.17, 15) is 0 Å². The molecule has 2 aromatic carbocycles. The van der Waals surface area contributed by atoms with Crippen molar-refractivity contribution in [3.8, 4) is 5.75 Å². The van der Waals surface area contributed by atoms with E-state index >= 15 is 0 Å². The number of aliphatic imine (C=N–C) groups is 1. The number of nitrogens with two attached hydrogens (primary N) is 1. The molecule has 0 aliphatic carbocycles. The summed E-state index contributed by atoms with van der Waals surface area (Å²) in [6.45, 7) is 6.20. The van der Waals surface area contributed by atoms with Crippen LogP contribution in [0.2, 0.25) is 0 Å². The summed E-state index contributed by atoms with van der Waals surface area (Å²) < 4.78 is 11.3. The highest BCUT2D eigenvalue weighted by atomic mass is 16.5. The minimum Gasteiger partial charge on any atom is -0.496 e. The topological polar surface area (TPSA) is 68.9 Å². The van der Waals surface area contributed by atoms with Crippen molar-refractivity contribution in [3.63, 3.8) is 0 Å². The molecule has 1 heterocycles. The van der Waals surface area contributed by atoms with E-state index in [0.29, 0.717) is 12.5 Å². The number of benzene rings is 2. The largest absolute Gasteiger partial charge is 0.496 e. The summed E-state index contributed by atoms with van der Waals surface area (Å²) in [4.78, 5) is 4.70. The molecule has 3 rings (SSSR count). The first-order valence-electron chi connectivity index (χ1n) is 9.39. The molecule has 2 aromatic rings. The second kappa shape index (κ2) is 8.44. The van der Waals surface area contributed by atoms with E-state index in [1.54, 1.807) is 7.11 Å². The Morgan fingerprint density at radius 2 is 1.89 bits per heavy atom. The molecular weight excluding hydrogens is 338 g/mol. The van der Waals surface area contributed by atoms with Crippen LogP contribution in [-0.2, 0) is 10.2 Å². The van der Waals surface area contributed by atoms with Crippen LogP contribution in [0.15, 0.2) is 47.5 Å². The Kier molecular flexibility index (Phi) is 6.01. The maximum Gasteiger partial charge on any atom is 0.193 e. The normalized spacial score (nSPS) is 16.8. The van der Waals surface area contributed by atoms with Gasteiger partial charge in [0.1, 0.15) is 5.75 Å². The monoisotopic (exact) mass is 367 g/mol. The van der Waals surface area contributed by atoms with Gasteiger partial charge in [-0.05, 0) is 50.5 Å². The second-order valence-corrected chi connectivity index (χ2v) is 7.29. The predicted octanol–water partition coefficient (Wildman–Crippen LogP) is 3.79. The Morgan fingerprint density at radius 1 is 1.15 bits per heavy atom. The van der Waals surface area contributed by atoms with Crippen LogP contribution in [0.1, 0.15) is 29.5 Å². The summed E-state index contributed by atoms with van der Waals surface area (Å²) in [6.07, 6.45) is 1.79. The van der Waals surface area contributed by atoms with Crippen molar-refractivity contribution in [2.75, 3.05) is 32.2 Å². The van der Waals surface area contributed by atoms with Gasteiger partial charge in [0.25, 0.3) is 0 Å². The van der Waals surface area contributed by atoms with Gasteiger partial charge in [0.05, 0.1) is 13.7 Å². The van der Waals surface area contributed by atoms with Crippen LogP contribution in [0.25, 0.3) is 0 Å². The maximum atomic E-state index is 6.19. The van der Waals surface area contributed by atoms with E-state index in [2.05, 4.69) is 43.4 Å². The van der Waals surface area contributed by atoms with Crippen molar-refractivity contribution >= 4 is 11.6 Å². The lowest BCUT2D eigenvalue weighted by molar-refractivity contribution is 0.0523. The fourth-order valence-electron chi connectivity index (χ4n) is 3.66. The molecule has 1 saturated heterocycles. The molecule has 0 aromatic heterocycles. The Hall–Kier alpha value is -2.53. The molecule has 1 aliphatic rings. The molecule has 3 N–H and O–H groups in total. The van der Waals surface area contributed by atoms with Gasteiger partial charge in [-0.1, -0.05) is 29.8 Å². The van der Waals surface area contributed by atoms with Gasteiger partial charge in [-0.15, -0.1) is 0 Å². The Labute approximate surface area is 161 Å². The standard InChI is InChI=1S/C22H29N3O2/c1-16-5-4-6-18(13-16)25-21(23)24-15-22(9-11-27-12-10-22)19-14-17(2)7-8-20(19)26-3/h4-8,13-14H,9-12,15H2,1-3H3,(H3,23,24,25). The molecule has 0 unspecified atom stereocenters. The van der Waals surface area contributed by atoms with Crippen LogP contribution in [0.5, 0.6) is 5.75 Å². The SMILES string of the molecule is COc1ccc(C)cc1C1(CN=C(N)Nc2cccc(C)c2)CCOCC1. The molecule has 1 aliphatic heterocycles. The number of methoxy groups -OCH3 is 1. The lowest BCUT2D eigenvalue weighted by Gasteiger charge is -2.37. The molecule has 5 heteroatoms. The molecule has 0 bridgehead atoms. The maximum absolute atomic E-state index is 6.19. The molecular formula is C22H29N3O2. The lowest BCUT2D eigenvalue weighted by Crippen LogP contribution is -2.38. The van der Waals surface area contributed by atoms with Crippen LogP contribution in [-0.4, -0.2) is 32.8 Å². The Balaban J connectivity index is 1.86. The Morgan fingerprint density at radius 3 is 2.59 bits per heavy atom. The van der Waals surface area contributed by atoms with Crippen LogP contribution in [0.3, 0.4) is 0 Å². The van der Waals surface area contributed by atoms with Gasteiger partial charge in [0.15, 0.2) is 5.96 Å². The summed E-state index contributed by atoms with van der Waals surface area (Å²) in [5.74, 6) is 1.33. The fourth-order valence-corrected chi connectivity index (χ4v) is 3.66. The van der Waals surface area contributed by atoms with Crippen molar-refractivity contribution in [1.29, 1.82) is 0 Å². The van der Waals surface area contributed by atoms with Crippen molar-refractivity contribution in [2.45, 2.75) is 32.1 Å². The zero-order chi connectivity index (χ0) is 19.3. The van der Waals surface area contributed by atoms with Crippen molar-refractivity contribution in [2.24, 2.45) is 10.7 Å². The summed E-state index contributed by atoms with van der Waals surface area (Å²) in [5.41, 5.74) is 10.6. The molecule has 0 atom stereocenters. The van der Waals surface area contributed by atoms with Crippen LogP contribution < -0.4 is 15.8 Å². The number of ether oxygens (including phenoxy) is 2. The molecule has 27 heavy (non-hydrogen) atoms. The number of anilines is 1. The lowest BCUT2D eigenvalue weighted by atomic mass is 9.73. The van der Waals surface area contributed by atoms with Gasteiger partial charge < -0.3 is 20.5 Å². The van der Waals surface area contributed by atoms with E-state index in [4.69, 9.17) is 20.2 Å². The van der Waals surface area contributed by atoms with E-state index in [-0.39, 0.29) is 5.41 Å².